The summed E-state index contributed by atoms with van der Waals surface area (Å²) in [6.07, 6.45) is 1.18. The summed E-state index contributed by atoms with van der Waals surface area (Å²) in [6, 6.07) is 1.85. The molecule has 0 saturated heterocycles. The van der Waals surface area contributed by atoms with Crippen LogP contribution in [-0.2, 0) is 25.5 Å². The van der Waals surface area contributed by atoms with Gasteiger partial charge in [-0.2, -0.15) is 0 Å². The highest BCUT2D eigenvalue weighted by molar-refractivity contribution is 7.14. The van der Waals surface area contributed by atoms with Crippen molar-refractivity contribution in [1.29, 1.82) is 0 Å². The summed E-state index contributed by atoms with van der Waals surface area (Å²) in [4.78, 5) is 43.7. The third kappa shape index (κ3) is 10.6. The molecular weight excluding hydrogens is 388 g/mol. The molecule has 0 aliphatic heterocycles. The van der Waals surface area contributed by atoms with E-state index in [0.717, 1.165) is 11.3 Å². The lowest BCUT2D eigenvalue weighted by atomic mass is 10.1. The Hall–Kier alpha value is -2.46. The van der Waals surface area contributed by atoms with Crippen molar-refractivity contribution < 1.29 is 34.1 Å². The Bertz CT molecular complexity index is 681. The number of nitrogens with one attached hydrogen (secondary N) is 2. The minimum Gasteiger partial charge on any atom is -0.473 e. The number of thiophene rings is 1. The third-order valence-corrected chi connectivity index (χ3v) is 4.32. The highest BCUT2D eigenvalue weighted by atomic mass is 32.1. The monoisotopic (exact) mass is 416 g/mol. The number of hydrogen-bond donors (Lipinski definition) is 4. The van der Waals surface area contributed by atoms with Gasteiger partial charge in [-0.15, -0.1) is 11.3 Å². The number of carbonyl (C=O) groups is 4. The number of carboxylic acid groups (broad SMARTS) is 2. The zero-order chi connectivity index (χ0) is 21.9. The van der Waals surface area contributed by atoms with Gasteiger partial charge in [0.1, 0.15) is 4.88 Å². The molecule has 0 spiro atoms. The Kier molecular flexibility index (Phi) is 11.0. The van der Waals surface area contributed by atoms with E-state index >= 15 is 0 Å². The molecule has 0 unspecified atom stereocenters. The molecule has 1 aromatic rings. The summed E-state index contributed by atoms with van der Waals surface area (Å²) < 4.78 is 5.04. The summed E-state index contributed by atoms with van der Waals surface area (Å²) in [6.45, 7) is 10.8. The largest absolute Gasteiger partial charge is 0.473 e. The fourth-order valence-corrected chi connectivity index (χ4v) is 2.77. The Labute approximate surface area is 168 Å². The van der Waals surface area contributed by atoms with Crippen LogP contribution in [0.5, 0.6) is 0 Å². The van der Waals surface area contributed by atoms with Gasteiger partial charge in [-0.1, -0.05) is 6.92 Å². The van der Waals surface area contributed by atoms with E-state index in [-0.39, 0.29) is 17.4 Å². The van der Waals surface area contributed by atoms with Gasteiger partial charge in [-0.25, -0.2) is 14.4 Å². The van der Waals surface area contributed by atoms with Crippen LogP contribution >= 0.6 is 11.3 Å². The number of aliphatic carboxylic acids is 2. The van der Waals surface area contributed by atoms with Crippen molar-refractivity contribution in [1.82, 2.24) is 5.32 Å². The van der Waals surface area contributed by atoms with Crippen molar-refractivity contribution in [3.8, 4) is 0 Å². The van der Waals surface area contributed by atoms with E-state index in [2.05, 4.69) is 31.4 Å². The summed E-state index contributed by atoms with van der Waals surface area (Å²) in [5, 5.41) is 20.9. The van der Waals surface area contributed by atoms with Crippen LogP contribution in [0.4, 0.5) is 5.69 Å². The van der Waals surface area contributed by atoms with Crippen molar-refractivity contribution in [3.63, 3.8) is 0 Å². The predicted molar refractivity (Wildman–Crippen MR) is 106 cm³/mol. The predicted octanol–water partition coefficient (Wildman–Crippen LogP) is 2.36. The fourth-order valence-electron chi connectivity index (χ4n) is 1.82. The quantitative estimate of drug-likeness (QED) is 0.392. The third-order valence-electron chi connectivity index (χ3n) is 3.06. The zero-order valence-corrected chi connectivity index (χ0v) is 17.6. The Morgan fingerprint density at radius 2 is 1.68 bits per heavy atom. The van der Waals surface area contributed by atoms with Crippen LogP contribution < -0.4 is 10.6 Å². The van der Waals surface area contributed by atoms with E-state index in [1.807, 2.05) is 13.0 Å². The smallest absolute Gasteiger partial charge is 0.414 e. The lowest BCUT2D eigenvalue weighted by Gasteiger charge is -2.20. The van der Waals surface area contributed by atoms with Gasteiger partial charge >= 0.3 is 17.9 Å². The topological polar surface area (TPSA) is 142 Å². The first kappa shape index (κ1) is 25.5. The molecule has 0 radical (unpaired) electrons. The van der Waals surface area contributed by atoms with Crippen LogP contribution in [-0.4, -0.2) is 52.7 Å². The molecule has 0 bridgehead atoms. The molecule has 1 heterocycles. The van der Waals surface area contributed by atoms with Crippen LogP contribution in [0.1, 0.15) is 55.6 Å². The first-order valence-corrected chi connectivity index (χ1v) is 9.53. The van der Waals surface area contributed by atoms with Gasteiger partial charge in [0.25, 0.3) is 0 Å². The van der Waals surface area contributed by atoms with Gasteiger partial charge < -0.3 is 25.6 Å². The maximum absolute atomic E-state index is 12.0. The number of carbonyl (C=O) groups excluding carboxylic acids is 2. The second-order valence-electron chi connectivity index (χ2n) is 6.61. The van der Waals surface area contributed by atoms with Crippen LogP contribution in [0.25, 0.3) is 0 Å². The Morgan fingerprint density at radius 3 is 2.11 bits per heavy atom. The molecule has 0 aliphatic rings. The summed E-state index contributed by atoms with van der Waals surface area (Å²) >= 11 is 1.37. The van der Waals surface area contributed by atoms with Crippen LogP contribution in [0.3, 0.4) is 0 Å². The minimum atomic E-state index is -1.82. The van der Waals surface area contributed by atoms with E-state index in [1.165, 1.54) is 11.3 Å². The molecule has 0 aromatic carbocycles. The Balaban J connectivity index is 0.00000105. The number of carboxylic acids is 2. The molecule has 158 valence electrons. The average Bonchev–Trinajstić information content (AvgIpc) is 2.97. The highest BCUT2D eigenvalue weighted by Gasteiger charge is 2.19. The Morgan fingerprint density at radius 1 is 1.11 bits per heavy atom. The first-order chi connectivity index (χ1) is 12.9. The van der Waals surface area contributed by atoms with Crippen LogP contribution in [0.15, 0.2) is 6.07 Å². The lowest BCUT2D eigenvalue weighted by Crippen LogP contribution is -2.37. The highest BCUT2D eigenvalue weighted by Crippen LogP contribution is 2.28. The van der Waals surface area contributed by atoms with Crippen molar-refractivity contribution >= 4 is 40.8 Å². The second-order valence-corrected chi connectivity index (χ2v) is 7.75. The zero-order valence-electron chi connectivity index (χ0n) is 16.7. The SMILES string of the molecule is CCOC(=O)c1sc(CC)cc1NC(=O)CCNC(C)(C)C.O=C(O)C(=O)O. The van der Waals surface area contributed by atoms with Crippen LogP contribution in [0.2, 0.25) is 0 Å². The van der Waals surface area contributed by atoms with Crippen molar-refractivity contribution in [2.24, 2.45) is 0 Å². The van der Waals surface area contributed by atoms with Gasteiger partial charge in [0.15, 0.2) is 0 Å². The standard InChI is InChI=1S/C16H26N2O3S.C2H2O4/c1-6-11-10-12(14(22-11)15(20)21-7-2)18-13(19)8-9-17-16(3,4)5;3-1(4)2(5)6/h10,17H,6-9H2,1-5H3,(H,18,19);(H,3,4)(H,5,6). The molecule has 1 amide bonds. The molecule has 1 rings (SSSR count). The lowest BCUT2D eigenvalue weighted by molar-refractivity contribution is -0.159. The number of amides is 1. The van der Waals surface area contributed by atoms with Gasteiger partial charge in [0.2, 0.25) is 5.91 Å². The maximum atomic E-state index is 12.0. The van der Waals surface area contributed by atoms with E-state index in [9.17, 15) is 9.59 Å². The molecule has 9 nitrogen and oxygen atoms in total. The molecule has 0 aliphatic carbocycles. The van der Waals surface area contributed by atoms with Crippen molar-refractivity contribution in [3.05, 3.63) is 15.8 Å². The minimum absolute atomic E-state index is 0.0197. The molecule has 4 N–H and O–H groups in total. The van der Waals surface area contributed by atoms with E-state index in [0.29, 0.717) is 30.1 Å². The van der Waals surface area contributed by atoms with E-state index in [4.69, 9.17) is 24.5 Å². The molecule has 0 fully saturated rings. The number of aryl methyl sites for hydroxylation is 1. The average molecular weight is 416 g/mol. The van der Waals surface area contributed by atoms with Gasteiger partial charge in [0, 0.05) is 23.4 Å². The number of rotatable bonds is 7. The number of ether oxygens (including phenoxy) is 1. The number of esters is 1. The molecule has 1 aromatic heterocycles. The van der Waals surface area contributed by atoms with E-state index < -0.39 is 11.9 Å². The maximum Gasteiger partial charge on any atom is 0.414 e. The summed E-state index contributed by atoms with van der Waals surface area (Å²) in [5.41, 5.74) is 0.537. The summed E-state index contributed by atoms with van der Waals surface area (Å²) in [7, 11) is 0. The second kappa shape index (κ2) is 12.1. The molecule has 0 saturated carbocycles. The number of anilines is 1. The summed E-state index contributed by atoms with van der Waals surface area (Å²) in [5.74, 6) is -4.14. The van der Waals surface area contributed by atoms with Gasteiger partial charge in [-0.05, 0) is 40.2 Å². The normalized spacial score (nSPS) is 10.5. The number of hydrogen-bond acceptors (Lipinski definition) is 7. The van der Waals surface area contributed by atoms with E-state index in [1.54, 1.807) is 6.92 Å². The van der Waals surface area contributed by atoms with Gasteiger partial charge in [-0.3, -0.25) is 4.79 Å². The molecule has 10 heteroatoms. The van der Waals surface area contributed by atoms with Crippen molar-refractivity contribution in [2.75, 3.05) is 18.5 Å². The fraction of sp³-hybridized carbons (Fsp3) is 0.556. The first-order valence-electron chi connectivity index (χ1n) is 8.72. The van der Waals surface area contributed by atoms with Crippen LogP contribution in [0, 0.1) is 0 Å². The molecule has 0 atom stereocenters. The molecule has 28 heavy (non-hydrogen) atoms. The van der Waals surface area contributed by atoms with Gasteiger partial charge in [0.05, 0.1) is 12.3 Å². The van der Waals surface area contributed by atoms with Crippen molar-refractivity contribution in [2.45, 2.75) is 53.0 Å². The molecular formula is C18H28N2O7S.